The zero-order chi connectivity index (χ0) is 11.0. The van der Waals surface area contributed by atoms with E-state index in [0.717, 1.165) is 25.5 Å². The number of hydrogen-bond donors (Lipinski definition) is 1. The van der Waals surface area contributed by atoms with Gasteiger partial charge in [-0.1, -0.05) is 0 Å². The topological polar surface area (TPSA) is 60.6 Å². The van der Waals surface area contributed by atoms with Crippen molar-refractivity contribution in [1.29, 1.82) is 0 Å². The first-order valence-electron chi connectivity index (χ1n) is 5.44. The molecule has 3 heterocycles. The maximum absolute atomic E-state index is 4.46. The Balaban J connectivity index is 0.00000108. The van der Waals surface area contributed by atoms with E-state index >= 15 is 0 Å². The maximum atomic E-state index is 4.46. The van der Waals surface area contributed by atoms with Crippen LogP contribution in [0.25, 0.3) is 0 Å². The van der Waals surface area contributed by atoms with E-state index in [1.54, 1.807) is 12.7 Å². The summed E-state index contributed by atoms with van der Waals surface area (Å²) in [5, 5.41) is 7.50. The largest absolute Gasteiger partial charge is 0.328 e. The number of fused-ring (bicyclic) bond motifs is 1. The molecule has 0 amide bonds. The Kier molecular flexibility index (Phi) is 3.44. The first-order chi connectivity index (χ1) is 7.84. The lowest BCUT2D eigenvalue weighted by molar-refractivity contribution is 0.425. The average Bonchev–Trinajstić information content (AvgIpc) is 2.90. The molecule has 0 aliphatic carbocycles. The van der Waals surface area contributed by atoms with Gasteiger partial charge in [-0.3, -0.25) is 0 Å². The van der Waals surface area contributed by atoms with Gasteiger partial charge in [-0.15, -0.1) is 12.4 Å². The van der Waals surface area contributed by atoms with Crippen molar-refractivity contribution in [3.05, 3.63) is 30.4 Å². The van der Waals surface area contributed by atoms with Crippen LogP contribution in [0.1, 0.15) is 24.5 Å². The highest BCUT2D eigenvalue weighted by Gasteiger charge is 2.19. The zero-order valence-corrected chi connectivity index (χ0v) is 10.4. The predicted molar refractivity (Wildman–Crippen MR) is 65.0 cm³/mol. The molecule has 7 heteroatoms. The van der Waals surface area contributed by atoms with Crippen LogP contribution in [0, 0.1) is 0 Å². The molecule has 1 aliphatic rings. The van der Waals surface area contributed by atoms with Gasteiger partial charge in [-0.25, -0.2) is 14.6 Å². The fourth-order valence-electron chi connectivity index (χ4n) is 2.12. The summed E-state index contributed by atoms with van der Waals surface area (Å²) in [6.45, 7) is 4.84. The number of rotatable bonds is 2. The van der Waals surface area contributed by atoms with E-state index in [1.165, 1.54) is 5.69 Å². The Morgan fingerprint density at radius 2 is 2.41 bits per heavy atom. The van der Waals surface area contributed by atoms with Crippen LogP contribution in [-0.4, -0.2) is 30.9 Å². The van der Waals surface area contributed by atoms with Gasteiger partial charge in [0.1, 0.15) is 18.5 Å². The molecule has 1 N–H and O–H groups in total. The minimum Gasteiger partial charge on any atom is -0.328 e. The average molecular weight is 255 g/mol. The smallest absolute Gasteiger partial charge is 0.137 e. The van der Waals surface area contributed by atoms with Crippen LogP contribution >= 0.6 is 12.4 Å². The van der Waals surface area contributed by atoms with Gasteiger partial charge in [0, 0.05) is 13.1 Å². The van der Waals surface area contributed by atoms with Crippen molar-refractivity contribution >= 4 is 12.4 Å². The van der Waals surface area contributed by atoms with Gasteiger partial charge >= 0.3 is 0 Å². The lowest BCUT2D eigenvalue weighted by atomic mass is 10.2. The molecule has 0 radical (unpaired) electrons. The normalized spacial score (nSPS) is 18.5. The summed E-state index contributed by atoms with van der Waals surface area (Å²) in [7, 11) is 0. The molecular weight excluding hydrogens is 240 g/mol. The van der Waals surface area contributed by atoms with Gasteiger partial charge < -0.3 is 9.88 Å². The summed E-state index contributed by atoms with van der Waals surface area (Å²) >= 11 is 0. The van der Waals surface area contributed by atoms with Crippen LogP contribution < -0.4 is 5.32 Å². The summed E-state index contributed by atoms with van der Waals surface area (Å²) in [4.78, 5) is 8.40. The van der Waals surface area contributed by atoms with Crippen LogP contribution in [0.3, 0.4) is 0 Å². The first kappa shape index (κ1) is 12.1. The summed E-state index contributed by atoms with van der Waals surface area (Å²) in [5.74, 6) is 1.11. The second kappa shape index (κ2) is 4.85. The zero-order valence-electron chi connectivity index (χ0n) is 9.58. The Morgan fingerprint density at radius 1 is 1.53 bits per heavy atom. The lowest BCUT2D eigenvalue weighted by Gasteiger charge is -2.23. The number of imidazole rings is 1. The molecule has 17 heavy (non-hydrogen) atoms. The van der Waals surface area contributed by atoms with Gasteiger partial charge in [0.2, 0.25) is 0 Å². The Bertz CT molecular complexity index is 477. The molecule has 92 valence electrons. The third-order valence-electron chi connectivity index (χ3n) is 2.93. The second-order valence-corrected chi connectivity index (χ2v) is 4.03. The van der Waals surface area contributed by atoms with Crippen molar-refractivity contribution in [3.63, 3.8) is 0 Å². The van der Waals surface area contributed by atoms with Gasteiger partial charge in [0.25, 0.3) is 0 Å². The molecule has 0 aromatic carbocycles. The summed E-state index contributed by atoms with van der Waals surface area (Å²) in [6.07, 6.45) is 5.21. The molecule has 1 aliphatic heterocycles. The molecule has 0 fully saturated rings. The van der Waals surface area contributed by atoms with Gasteiger partial charge in [0.05, 0.1) is 24.5 Å². The van der Waals surface area contributed by atoms with Crippen LogP contribution in [0.15, 0.2) is 18.9 Å². The van der Waals surface area contributed by atoms with E-state index in [-0.39, 0.29) is 12.4 Å². The van der Waals surface area contributed by atoms with E-state index in [2.05, 4.69) is 31.9 Å². The number of halogens is 1. The molecule has 3 rings (SSSR count). The summed E-state index contributed by atoms with van der Waals surface area (Å²) in [5.41, 5.74) is 1.19. The quantitative estimate of drug-likeness (QED) is 0.853. The van der Waals surface area contributed by atoms with Crippen molar-refractivity contribution in [2.45, 2.75) is 26.1 Å². The molecule has 1 unspecified atom stereocenters. The summed E-state index contributed by atoms with van der Waals surface area (Å²) < 4.78 is 4.08. The van der Waals surface area contributed by atoms with Crippen LogP contribution in [0.5, 0.6) is 0 Å². The minimum absolute atomic E-state index is 0. The molecule has 0 bridgehead atoms. The van der Waals surface area contributed by atoms with Crippen molar-refractivity contribution in [2.24, 2.45) is 0 Å². The second-order valence-electron chi connectivity index (χ2n) is 4.03. The maximum Gasteiger partial charge on any atom is 0.137 e. The number of nitrogens with one attached hydrogen (secondary N) is 1. The number of hydrogen-bond acceptors (Lipinski definition) is 4. The SMILES string of the molecule is CC1NCCn2c(Cn3cncn3)cnc21.Cl. The Labute approximate surface area is 105 Å². The van der Waals surface area contributed by atoms with Crippen molar-refractivity contribution in [1.82, 2.24) is 29.6 Å². The van der Waals surface area contributed by atoms with E-state index in [9.17, 15) is 0 Å². The molecule has 0 saturated carbocycles. The standard InChI is InChI=1S/C10H14N6.ClH/c1-8-10-13-4-9(16(10)3-2-12-8)5-15-7-11-6-14-15;/h4,6-8,12H,2-3,5H2,1H3;1H. The first-order valence-corrected chi connectivity index (χ1v) is 5.44. The van der Waals surface area contributed by atoms with E-state index in [4.69, 9.17) is 0 Å². The monoisotopic (exact) mass is 254 g/mol. The van der Waals surface area contributed by atoms with Crippen molar-refractivity contribution < 1.29 is 0 Å². The highest BCUT2D eigenvalue weighted by molar-refractivity contribution is 5.85. The molecule has 0 spiro atoms. The summed E-state index contributed by atoms with van der Waals surface area (Å²) in [6, 6.07) is 0.332. The third-order valence-corrected chi connectivity index (χ3v) is 2.93. The molecule has 2 aromatic rings. The van der Waals surface area contributed by atoms with Crippen molar-refractivity contribution in [3.8, 4) is 0 Å². The highest BCUT2D eigenvalue weighted by atomic mass is 35.5. The number of aromatic nitrogens is 5. The van der Waals surface area contributed by atoms with E-state index in [0.29, 0.717) is 6.04 Å². The Hall–Kier alpha value is -1.40. The van der Waals surface area contributed by atoms with Gasteiger partial charge in [-0.2, -0.15) is 5.10 Å². The van der Waals surface area contributed by atoms with E-state index < -0.39 is 0 Å². The van der Waals surface area contributed by atoms with Crippen LogP contribution in [0.2, 0.25) is 0 Å². The molecule has 2 aromatic heterocycles. The fourth-order valence-corrected chi connectivity index (χ4v) is 2.12. The van der Waals surface area contributed by atoms with Crippen molar-refractivity contribution in [2.75, 3.05) is 6.54 Å². The lowest BCUT2D eigenvalue weighted by Crippen LogP contribution is -2.32. The van der Waals surface area contributed by atoms with E-state index in [1.807, 2.05) is 10.9 Å². The highest BCUT2D eigenvalue weighted by Crippen LogP contribution is 2.17. The van der Waals surface area contributed by atoms with Gasteiger partial charge in [0.15, 0.2) is 0 Å². The molecule has 0 saturated heterocycles. The number of nitrogens with zero attached hydrogens (tertiary/aromatic N) is 5. The van der Waals surface area contributed by atoms with Crippen LogP contribution in [-0.2, 0) is 13.1 Å². The molecular formula is C10H15ClN6. The Morgan fingerprint density at radius 3 is 3.18 bits per heavy atom. The van der Waals surface area contributed by atoms with Gasteiger partial charge in [-0.05, 0) is 6.92 Å². The fraction of sp³-hybridized carbons (Fsp3) is 0.500. The third kappa shape index (κ3) is 2.18. The predicted octanol–water partition coefficient (Wildman–Crippen LogP) is 0.609. The molecule has 6 nitrogen and oxygen atoms in total. The van der Waals surface area contributed by atoms with Crippen LogP contribution in [0.4, 0.5) is 0 Å². The minimum atomic E-state index is 0. The molecule has 1 atom stereocenters.